The summed E-state index contributed by atoms with van der Waals surface area (Å²) in [5, 5.41) is 45.2. The van der Waals surface area contributed by atoms with Crippen LogP contribution in [0.25, 0.3) is 21.5 Å². The number of aromatic hydroxyl groups is 1. The summed E-state index contributed by atoms with van der Waals surface area (Å²) in [5.41, 5.74) is 9.46. The number of phenolic OH excluding ortho intramolecular Hbond substituents is 1. The number of rotatable bonds is 12. The van der Waals surface area contributed by atoms with E-state index in [1.165, 1.54) is 0 Å². The van der Waals surface area contributed by atoms with E-state index >= 15 is 0 Å². The summed E-state index contributed by atoms with van der Waals surface area (Å²) in [6.07, 6.45) is 0.456. The van der Waals surface area contributed by atoms with Gasteiger partial charge in [0.2, 0.25) is 0 Å². The van der Waals surface area contributed by atoms with E-state index in [1.54, 1.807) is 13.2 Å². The lowest BCUT2D eigenvalue weighted by atomic mass is 10.1. The number of phenols is 1. The van der Waals surface area contributed by atoms with Crippen molar-refractivity contribution in [2.75, 3.05) is 19.0 Å². The fourth-order valence-corrected chi connectivity index (χ4v) is 6.23. The van der Waals surface area contributed by atoms with Crippen molar-refractivity contribution in [1.82, 2.24) is 0 Å². The summed E-state index contributed by atoms with van der Waals surface area (Å²) in [5.74, 6) is 1.66. The van der Waals surface area contributed by atoms with Gasteiger partial charge in [0, 0.05) is 22.1 Å². The lowest BCUT2D eigenvalue weighted by Crippen LogP contribution is -1.95. The monoisotopic (exact) mass is 739 g/mol. The van der Waals surface area contributed by atoms with Crippen LogP contribution in [0.4, 0.5) is 45.5 Å². The normalized spacial score (nSPS) is 11.8. The maximum atomic E-state index is 11.1. The second kappa shape index (κ2) is 16.6. The van der Waals surface area contributed by atoms with Gasteiger partial charge in [0.1, 0.15) is 17.2 Å². The summed E-state index contributed by atoms with van der Waals surface area (Å²) in [6.45, 7) is 13.9. The molecular weight excluding hydrogens is 699 g/mol. The highest BCUT2D eigenvalue weighted by atomic mass is 16.5. The molecule has 0 heterocycles. The number of fused-ring (bicyclic) bond motifs is 2. The lowest BCUT2D eigenvalue weighted by molar-refractivity contribution is 0.328. The van der Waals surface area contributed by atoms with Crippen LogP contribution in [0.15, 0.2) is 146 Å². The van der Waals surface area contributed by atoms with E-state index in [9.17, 15) is 5.11 Å². The van der Waals surface area contributed by atoms with Crippen molar-refractivity contribution in [3.8, 4) is 17.2 Å². The third-order valence-electron chi connectivity index (χ3n) is 9.38. The number of hydrogen-bond acceptors (Lipinski definition) is 10. The second-order valence-corrected chi connectivity index (χ2v) is 13.5. The topological polar surface area (TPSA) is 125 Å². The Morgan fingerprint density at radius 3 is 1.71 bits per heavy atom. The molecule has 0 fully saturated rings. The fraction of sp³-hybridized carbons (Fsp3) is 0.152. The highest BCUT2D eigenvalue weighted by Crippen LogP contribution is 2.39. The minimum absolute atomic E-state index is 0.0669. The summed E-state index contributed by atoms with van der Waals surface area (Å²) in [6, 6.07) is 36.8. The van der Waals surface area contributed by atoms with Crippen LogP contribution in [-0.4, -0.2) is 18.8 Å². The number of azo groups is 3. The van der Waals surface area contributed by atoms with E-state index < -0.39 is 0 Å². The maximum absolute atomic E-state index is 11.1. The van der Waals surface area contributed by atoms with Crippen LogP contribution < -0.4 is 14.8 Å². The van der Waals surface area contributed by atoms with Crippen molar-refractivity contribution in [3.63, 3.8) is 0 Å². The van der Waals surface area contributed by atoms with Crippen LogP contribution in [-0.2, 0) is 0 Å². The number of aryl methyl sites for hydroxylation is 4. The van der Waals surface area contributed by atoms with E-state index in [-0.39, 0.29) is 5.75 Å². The zero-order chi connectivity index (χ0) is 39.2. The zero-order valence-corrected chi connectivity index (χ0v) is 31.9. The molecule has 10 heteroatoms. The predicted octanol–water partition coefficient (Wildman–Crippen LogP) is 14.4. The number of anilines is 2. The number of hydrogen-bond donors (Lipinski definition) is 2. The first-order valence-corrected chi connectivity index (χ1v) is 18.2. The molecule has 0 unspecified atom stereocenters. The molecule has 2 radical (unpaired) electrons. The number of methoxy groups -OCH3 is 1. The zero-order valence-electron chi connectivity index (χ0n) is 31.9. The first kappa shape index (κ1) is 37.4. The maximum Gasteiger partial charge on any atom is 0.150 e. The van der Waals surface area contributed by atoms with Gasteiger partial charge in [-0.3, -0.25) is 0 Å². The Morgan fingerprint density at radius 2 is 1.11 bits per heavy atom. The number of nitrogens with one attached hydrogen (secondary N) is 1. The molecule has 0 spiro atoms. The van der Waals surface area contributed by atoms with Gasteiger partial charge in [0.05, 0.1) is 42.2 Å². The molecule has 7 rings (SSSR count). The van der Waals surface area contributed by atoms with Gasteiger partial charge in [0.25, 0.3) is 0 Å². The molecule has 278 valence electrons. The first-order valence-electron chi connectivity index (χ1n) is 18.2. The van der Waals surface area contributed by atoms with E-state index in [0.717, 1.165) is 84.0 Å². The van der Waals surface area contributed by atoms with Crippen molar-refractivity contribution in [2.45, 2.75) is 34.1 Å². The van der Waals surface area contributed by atoms with Gasteiger partial charge in [-0.05, 0) is 171 Å². The van der Waals surface area contributed by atoms with Crippen LogP contribution >= 0.6 is 0 Å². The van der Waals surface area contributed by atoms with Crippen LogP contribution in [0.3, 0.4) is 0 Å². The lowest BCUT2D eigenvalue weighted by Gasteiger charge is -2.10. The van der Waals surface area contributed by atoms with Gasteiger partial charge in [-0.1, -0.05) is 18.2 Å². The molecule has 0 saturated carbocycles. The summed E-state index contributed by atoms with van der Waals surface area (Å²) >= 11 is 0. The Bertz CT molecular complexity index is 2650. The Balaban J connectivity index is 1.03. The van der Waals surface area contributed by atoms with Crippen molar-refractivity contribution < 1.29 is 14.6 Å². The quantitative estimate of drug-likeness (QED) is 0.121. The molecule has 0 aliphatic carbocycles. The van der Waals surface area contributed by atoms with Gasteiger partial charge < -0.3 is 19.9 Å². The van der Waals surface area contributed by atoms with E-state index in [1.807, 2.05) is 137 Å². The van der Waals surface area contributed by atoms with Crippen molar-refractivity contribution in [2.24, 2.45) is 30.7 Å². The highest BCUT2D eigenvalue weighted by Gasteiger charge is 2.11. The molecule has 7 aromatic rings. The Hall–Kier alpha value is -6.94. The molecule has 0 atom stereocenters. The second-order valence-electron chi connectivity index (χ2n) is 13.5. The van der Waals surface area contributed by atoms with E-state index in [2.05, 4.69) is 36.0 Å². The van der Waals surface area contributed by atoms with Crippen molar-refractivity contribution >= 4 is 67.0 Å². The largest absolute Gasteiger partial charge is 0.505 e. The molecule has 0 amide bonds. The summed E-state index contributed by atoms with van der Waals surface area (Å²) < 4.78 is 11.0. The van der Waals surface area contributed by atoms with Crippen LogP contribution in [0.2, 0.25) is 0 Å². The average molecular weight is 740 g/mol. The number of benzene rings is 7. The van der Waals surface area contributed by atoms with E-state index in [0.29, 0.717) is 29.8 Å². The standard InChI is InChI=1S/C46H41N7O3/c1-7-21-56-45-10-8-9-32-27-36(15-18-38(32)45)48-50-41-22-29(3)43(23-28(41)2)52-53-44-25-30(4)42(24-31(44)5)51-49-40-20-11-33-26-35(14-19-39(33)46(40)54)47-34-12-16-37(55-6)17-13-34/h1,8-20,22-27,47,54H,7,21H2,2-6H3. The molecule has 0 bridgehead atoms. The molecule has 10 nitrogen and oxygen atoms in total. The van der Waals surface area contributed by atoms with Gasteiger partial charge in [-0.15, -0.1) is 5.11 Å². The van der Waals surface area contributed by atoms with E-state index in [4.69, 9.17) is 16.4 Å². The van der Waals surface area contributed by atoms with Gasteiger partial charge in [-0.2, -0.15) is 25.6 Å². The average Bonchev–Trinajstić information content (AvgIpc) is 3.20. The Kier molecular flexibility index (Phi) is 11.1. The molecule has 56 heavy (non-hydrogen) atoms. The minimum Gasteiger partial charge on any atom is -0.505 e. The third-order valence-corrected chi connectivity index (χ3v) is 9.38. The Labute approximate surface area is 326 Å². The molecule has 0 aliphatic rings. The smallest absolute Gasteiger partial charge is 0.150 e. The molecule has 7 aromatic carbocycles. The third kappa shape index (κ3) is 8.39. The first-order chi connectivity index (χ1) is 27.2. The molecule has 0 aromatic heterocycles. The molecule has 0 aliphatic heterocycles. The predicted molar refractivity (Wildman–Crippen MR) is 225 cm³/mol. The number of ether oxygens (including phenoxy) is 2. The Morgan fingerprint density at radius 1 is 0.554 bits per heavy atom. The van der Waals surface area contributed by atoms with Crippen LogP contribution in [0.5, 0.6) is 17.2 Å². The summed E-state index contributed by atoms with van der Waals surface area (Å²) in [4.78, 5) is 0. The fourth-order valence-electron chi connectivity index (χ4n) is 6.23. The van der Waals surface area contributed by atoms with Crippen molar-refractivity contribution in [3.05, 3.63) is 144 Å². The molecule has 2 N–H and O–H groups in total. The SMILES string of the molecule is [CH]CCOc1cccc2cc(N=Nc3cc(C)c(N=Nc4cc(C)c(N=Nc5ccc6cc(Nc7ccc(OC)cc7)ccc6c5O)cc4C)cc3C)ccc12. The van der Waals surface area contributed by atoms with Crippen LogP contribution in [0, 0.1) is 34.6 Å². The minimum atomic E-state index is 0.0669. The summed E-state index contributed by atoms with van der Waals surface area (Å²) in [7, 11) is 1.64. The number of nitrogens with zero attached hydrogens (tertiary/aromatic N) is 6. The van der Waals surface area contributed by atoms with Crippen LogP contribution in [0.1, 0.15) is 28.7 Å². The van der Waals surface area contributed by atoms with Crippen molar-refractivity contribution in [1.29, 1.82) is 0 Å². The molecular formula is C46H41N7O3. The molecule has 0 saturated heterocycles. The van der Waals surface area contributed by atoms with Gasteiger partial charge in [0.15, 0.2) is 5.75 Å². The highest BCUT2D eigenvalue weighted by molar-refractivity contribution is 5.95. The van der Waals surface area contributed by atoms with Gasteiger partial charge >= 0.3 is 0 Å². The van der Waals surface area contributed by atoms with Gasteiger partial charge in [-0.25, -0.2) is 0 Å².